The van der Waals surface area contributed by atoms with Crippen molar-refractivity contribution in [3.8, 4) is 11.1 Å². The van der Waals surface area contributed by atoms with Gasteiger partial charge < -0.3 is 10.1 Å². The van der Waals surface area contributed by atoms with Crippen LogP contribution in [-0.2, 0) is 14.3 Å². The molecule has 0 saturated heterocycles. The number of nitrogens with one attached hydrogen (secondary N) is 1. The van der Waals surface area contributed by atoms with Gasteiger partial charge in [0.25, 0.3) is 0 Å². The first-order valence-corrected chi connectivity index (χ1v) is 9.70. The van der Waals surface area contributed by atoms with Crippen molar-refractivity contribution in [3.63, 3.8) is 0 Å². The standard InChI is InChI=1S/C23H28FNO3/c1-5-15(3)21(23(27)28-6-2)25-22(26)16(4)18-12-13-19(20(24)14-18)17-10-8-7-9-11-17/h7-16,21H,5-6H2,1-4H3,(H,25,26)/t15-,16?,21-/m0/s1. The number of benzene rings is 2. The van der Waals surface area contributed by atoms with E-state index >= 15 is 0 Å². The van der Waals surface area contributed by atoms with E-state index in [2.05, 4.69) is 5.32 Å². The number of ether oxygens (including phenoxy) is 1. The van der Waals surface area contributed by atoms with Gasteiger partial charge in [0, 0.05) is 5.56 Å². The van der Waals surface area contributed by atoms with E-state index < -0.39 is 17.9 Å². The quantitative estimate of drug-likeness (QED) is 0.671. The van der Waals surface area contributed by atoms with Crippen molar-refractivity contribution < 1.29 is 18.7 Å². The Bertz CT molecular complexity index is 807. The lowest BCUT2D eigenvalue weighted by Gasteiger charge is -2.24. The second-order valence-corrected chi connectivity index (χ2v) is 6.95. The minimum Gasteiger partial charge on any atom is -0.464 e. The molecular weight excluding hydrogens is 357 g/mol. The van der Waals surface area contributed by atoms with E-state index in [1.165, 1.54) is 6.07 Å². The molecule has 0 radical (unpaired) electrons. The van der Waals surface area contributed by atoms with Gasteiger partial charge in [-0.1, -0.05) is 62.7 Å². The van der Waals surface area contributed by atoms with Crippen LogP contribution in [0.5, 0.6) is 0 Å². The Balaban J connectivity index is 2.17. The molecule has 3 atom stereocenters. The average molecular weight is 385 g/mol. The second-order valence-electron chi connectivity index (χ2n) is 6.95. The van der Waals surface area contributed by atoms with Gasteiger partial charge >= 0.3 is 5.97 Å². The third-order valence-electron chi connectivity index (χ3n) is 5.02. The molecule has 0 aliphatic rings. The molecule has 0 heterocycles. The molecule has 0 spiro atoms. The van der Waals surface area contributed by atoms with Crippen LogP contribution in [0.4, 0.5) is 4.39 Å². The fourth-order valence-corrected chi connectivity index (χ4v) is 2.98. The topological polar surface area (TPSA) is 55.4 Å². The molecule has 0 aliphatic heterocycles. The van der Waals surface area contributed by atoms with Gasteiger partial charge in [-0.05, 0) is 37.0 Å². The molecule has 1 amide bonds. The maximum absolute atomic E-state index is 14.6. The van der Waals surface area contributed by atoms with Crippen LogP contribution >= 0.6 is 0 Å². The lowest BCUT2D eigenvalue weighted by molar-refractivity contribution is -0.149. The molecule has 1 N–H and O–H groups in total. The number of hydrogen-bond acceptors (Lipinski definition) is 3. The number of hydrogen-bond donors (Lipinski definition) is 1. The molecule has 0 fully saturated rings. The molecule has 2 aromatic carbocycles. The molecule has 4 nitrogen and oxygen atoms in total. The SMILES string of the molecule is CCOC(=O)[C@@H](NC(=O)C(C)c1ccc(-c2ccccc2)c(F)c1)[C@@H](C)CC. The summed E-state index contributed by atoms with van der Waals surface area (Å²) in [5.41, 5.74) is 1.82. The maximum Gasteiger partial charge on any atom is 0.328 e. The van der Waals surface area contributed by atoms with Crippen LogP contribution in [0.1, 0.15) is 45.6 Å². The molecule has 28 heavy (non-hydrogen) atoms. The minimum atomic E-state index is -0.715. The highest BCUT2D eigenvalue weighted by Crippen LogP contribution is 2.26. The Kier molecular flexibility index (Phi) is 7.73. The highest BCUT2D eigenvalue weighted by atomic mass is 19.1. The molecule has 2 rings (SSSR count). The number of rotatable bonds is 8. The maximum atomic E-state index is 14.6. The van der Waals surface area contributed by atoms with Gasteiger partial charge in [-0.2, -0.15) is 0 Å². The van der Waals surface area contributed by atoms with E-state index in [0.717, 1.165) is 12.0 Å². The lowest BCUT2D eigenvalue weighted by atomic mass is 9.94. The fourth-order valence-electron chi connectivity index (χ4n) is 2.98. The van der Waals surface area contributed by atoms with Crippen molar-refractivity contribution in [1.82, 2.24) is 5.32 Å². The number of esters is 1. The molecule has 0 aliphatic carbocycles. The predicted molar refractivity (Wildman–Crippen MR) is 108 cm³/mol. The Labute approximate surface area is 166 Å². The van der Waals surface area contributed by atoms with Crippen molar-refractivity contribution in [1.29, 1.82) is 0 Å². The molecule has 1 unspecified atom stereocenters. The summed E-state index contributed by atoms with van der Waals surface area (Å²) in [5.74, 6) is -1.81. The summed E-state index contributed by atoms with van der Waals surface area (Å²) < 4.78 is 19.7. The summed E-state index contributed by atoms with van der Waals surface area (Å²) in [6.45, 7) is 7.52. The number of amides is 1. The van der Waals surface area contributed by atoms with Gasteiger partial charge in [0.05, 0.1) is 12.5 Å². The van der Waals surface area contributed by atoms with Crippen molar-refractivity contribution in [2.45, 2.75) is 46.1 Å². The van der Waals surface area contributed by atoms with Gasteiger partial charge in [0.1, 0.15) is 11.9 Å². The highest BCUT2D eigenvalue weighted by molar-refractivity contribution is 5.88. The summed E-state index contributed by atoms with van der Waals surface area (Å²) in [6, 6.07) is 13.4. The molecule has 0 saturated carbocycles. The van der Waals surface area contributed by atoms with E-state index in [1.54, 1.807) is 26.0 Å². The average Bonchev–Trinajstić information content (AvgIpc) is 2.71. The van der Waals surface area contributed by atoms with Gasteiger partial charge in [0.15, 0.2) is 0 Å². The van der Waals surface area contributed by atoms with Crippen molar-refractivity contribution >= 4 is 11.9 Å². The minimum absolute atomic E-state index is 0.0626. The zero-order valence-corrected chi connectivity index (χ0v) is 16.9. The van der Waals surface area contributed by atoms with E-state index in [0.29, 0.717) is 11.1 Å². The van der Waals surface area contributed by atoms with Gasteiger partial charge in [-0.25, -0.2) is 9.18 Å². The van der Waals surface area contributed by atoms with E-state index in [1.807, 2.05) is 44.2 Å². The summed E-state index contributed by atoms with van der Waals surface area (Å²) in [5, 5.41) is 2.78. The Hall–Kier alpha value is -2.69. The molecule has 0 aromatic heterocycles. The number of halogens is 1. The van der Waals surface area contributed by atoms with Crippen LogP contribution < -0.4 is 5.32 Å². The Morgan fingerprint density at radius 1 is 1.07 bits per heavy atom. The number of carbonyl (C=O) groups is 2. The van der Waals surface area contributed by atoms with Crippen LogP contribution in [-0.4, -0.2) is 24.5 Å². The highest BCUT2D eigenvalue weighted by Gasteiger charge is 2.29. The second kappa shape index (κ2) is 10.0. The summed E-state index contributed by atoms with van der Waals surface area (Å²) in [7, 11) is 0. The van der Waals surface area contributed by atoms with Gasteiger partial charge in [0.2, 0.25) is 5.91 Å². The third kappa shape index (κ3) is 5.18. The largest absolute Gasteiger partial charge is 0.464 e. The lowest BCUT2D eigenvalue weighted by Crippen LogP contribution is -2.47. The van der Waals surface area contributed by atoms with E-state index in [9.17, 15) is 14.0 Å². The van der Waals surface area contributed by atoms with Crippen molar-refractivity contribution in [3.05, 3.63) is 59.9 Å². The monoisotopic (exact) mass is 385 g/mol. The molecule has 0 bridgehead atoms. The first-order chi connectivity index (χ1) is 13.4. The van der Waals surface area contributed by atoms with Crippen molar-refractivity contribution in [2.24, 2.45) is 5.92 Å². The van der Waals surface area contributed by atoms with E-state index in [-0.39, 0.29) is 24.2 Å². The predicted octanol–water partition coefficient (Wildman–Crippen LogP) is 4.69. The zero-order valence-electron chi connectivity index (χ0n) is 16.9. The summed E-state index contributed by atoms with van der Waals surface area (Å²) in [4.78, 5) is 24.9. The van der Waals surface area contributed by atoms with Gasteiger partial charge in [-0.3, -0.25) is 4.79 Å². The number of carbonyl (C=O) groups excluding carboxylic acids is 2. The smallest absolute Gasteiger partial charge is 0.328 e. The first-order valence-electron chi connectivity index (χ1n) is 9.70. The van der Waals surface area contributed by atoms with Crippen LogP contribution in [0.2, 0.25) is 0 Å². The zero-order chi connectivity index (χ0) is 20.7. The van der Waals surface area contributed by atoms with Gasteiger partial charge in [-0.15, -0.1) is 0 Å². The first kappa shape index (κ1) is 21.6. The van der Waals surface area contributed by atoms with Crippen LogP contribution in [0.25, 0.3) is 11.1 Å². The van der Waals surface area contributed by atoms with Crippen LogP contribution in [0, 0.1) is 11.7 Å². The molecule has 2 aromatic rings. The van der Waals surface area contributed by atoms with Crippen LogP contribution in [0.15, 0.2) is 48.5 Å². The normalized spacial score (nSPS) is 14.0. The van der Waals surface area contributed by atoms with E-state index in [4.69, 9.17) is 4.74 Å². The Morgan fingerprint density at radius 3 is 2.32 bits per heavy atom. The summed E-state index contributed by atoms with van der Waals surface area (Å²) >= 11 is 0. The molecule has 150 valence electrons. The van der Waals surface area contributed by atoms with Crippen molar-refractivity contribution in [2.75, 3.05) is 6.61 Å². The van der Waals surface area contributed by atoms with Crippen LogP contribution in [0.3, 0.4) is 0 Å². The summed E-state index contributed by atoms with van der Waals surface area (Å²) in [6.07, 6.45) is 0.721. The molecule has 5 heteroatoms. The molecular formula is C23H28FNO3. The fraction of sp³-hybridized carbons (Fsp3) is 0.391. The third-order valence-corrected chi connectivity index (χ3v) is 5.02. The Morgan fingerprint density at radius 2 is 1.75 bits per heavy atom.